The third-order valence-electron chi connectivity index (χ3n) is 2.16. The van der Waals surface area contributed by atoms with Crippen molar-refractivity contribution in [2.45, 2.75) is 11.3 Å². The second-order valence-electron chi connectivity index (χ2n) is 3.54. The number of hydrogen-bond donors (Lipinski definition) is 1. The number of hydrogen-bond acceptors (Lipinski definition) is 5. The van der Waals surface area contributed by atoms with Crippen LogP contribution in [0.2, 0.25) is 0 Å². The van der Waals surface area contributed by atoms with Gasteiger partial charge in [0, 0.05) is 6.08 Å². The average molecular weight is 270 g/mol. The number of phenols is 1. The van der Waals surface area contributed by atoms with Crippen molar-refractivity contribution < 1.29 is 23.1 Å². The first-order chi connectivity index (χ1) is 8.45. The van der Waals surface area contributed by atoms with Gasteiger partial charge < -0.3 is 9.84 Å². The Morgan fingerprint density at radius 2 is 1.94 bits per heavy atom. The molecule has 0 atom stereocenters. The maximum atomic E-state index is 11.8. The first-order valence-electron chi connectivity index (χ1n) is 5.26. The lowest BCUT2D eigenvalue weighted by Crippen LogP contribution is -2.10. The second kappa shape index (κ2) is 6.20. The van der Waals surface area contributed by atoms with E-state index in [0.29, 0.717) is 0 Å². The zero-order valence-electron chi connectivity index (χ0n) is 9.70. The topological polar surface area (TPSA) is 80.7 Å². The molecule has 98 valence electrons. The van der Waals surface area contributed by atoms with Crippen LogP contribution in [0.4, 0.5) is 0 Å². The van der Waals surface area contributed by atoms with E-state index in [1.807, 2.05) is 0 Å². The van der Waals surface area contributed by atoms with E-state index in [0.717, 1.165) is 6.08 Å². The molecule has 0 aliphatic carbocycles. The fourth-order valence-electron chi connectivity index (χ4n) is 1.25. The smallest absolute Gasteiger partial charge is 0.330 e. The molecule has 0 radical (unpaired) electrons. The van der Waals surface area contributed by atoms with Crippen molar-refractivity contribution in [3.05, 3.63) is 36.9 Å². The van der Waals surface area contributed by atoms with Gasteiger partial charge in [0.15, 0.2) is 9.84 Å². The number of benzene rings is 1. The van der Waals surface area contributed by atoms with Crippen LogP contribution < -0.4 is 0 Å². The molecule has 6 heteroatoms. The lowest BCUT2D eigenvalue weighted by atomic mass is 10.3. The Kier molecular flexibility index (Phi) is 4.91. The number of sulfone groups is 1. The number of phenolic OH excluding ortho intramolecular Hbond substituents is 1. The van der Waals surface area contributed by atoms with E-state index < -0.39 is 15.8 Å². The van der Waals surface area contributed by atoms with Gasteiger partial charge in [-0.25, -0.2) is 13.2 Å². The van der Waals surface area contributed by atoms with Gasteiger partial charge in [-0.2, -0.15) is 0 Å². The summed E-state index contributed by atoms with van der Waals surface area (Å²) in [6.07, 6.45) is 1.23. The van der Waals surface area contributed by atoms with Crippen LogP contribution in [0.5, 0.6) is 5.75 Å². The molecule has 0 spiro atoms. The van der Waals surface area contributed by atoms with Crippen molar-refractivity contribution in [3.8, 4) is 5.75 Å². The molecule has 0 saturated carbocycles. The Balaban J connectivity index is 2.52. The van der Waals surface area contributed by atoms with Crippen molar-refractivity contribution >= 4 is 15.8 Å². The molecule has 0 unspecified atom stereocenters. The summed E-state index contributed by atoms with van der Waals surface area (Å²) < 4.78 is 28.3. The summed E-state index contributed by atoms with van der Waals surface area (Å²) in [6, 6.07) is 5.29. The Labute approximate surface area is 106 Å². The van der Waals surface area contributed by atoms with Crippen LogP contribution in [0, 0.1) is 0 Å². The van der Waals surface area contributed by atoms with Crippen LogP contribution in [0.3, 0.4) is 0 Å². The monoisotopic (exact) mass is 270 g/mol. The van der Waals surface area contributed by atoms with E-state index in [9.17, 15) is 13.2 Å². The second-order valence-corrected chi connectivity index (χ2v) is 5.65. The van der Waals surface area contributed by atoms with E-state index in [4.69, 9.17) is 5.11 Å². The molecular weight excluding hydrogens is 256 g/mol. The van der Waals surface area contributed by atoms with Crippen LogP contribution in [0.15, 0.2) is 41.8 Å². The van der Waals surface area contributed by atoms with Gasteiger partial charge in [0.1, 0.15) is 5.75 Å². The van der Waals surface area contributed by atoms with Crippen LogP contribution in [0.25, 0.3) is 0 Å². The van der Waals surface area contributed by atoms with Gasteiger partial charge in [0.05, 0.1) is 17.3 Å². The molecule has 18 heavy (non-hydrogen) atoms. The molecule has 1 rings (SSSR count). The van der Waals surface area contributed by atoms with Gasteiger partial charge in [-0.1, -0.05) is 6.58 Å². The Morgan fingerprint density at radius 3 is 2.50 bits per heavy atom. The Morgan fingerprint density at radius 1 is 1.33 bits per heavy atom. The third-order valence-corrected chi connectivity index (χ3v) is 3.98. The number of rotatable bonds is 6. The lowest BCUT2D eigenvalue weighted by molar-refractivity contribution is -0.137. The molecule has 0 aliphatic rings. The summed E-state index contributed by atoms with van der Waals surface area (Å²) in [4.78, 5) is 10.9. The molecule has 0 aromatic heterocycles. The predicted molar refractivity (Wildman–Crippen MR) is 65.9 cm³/mol. The largest absolute Gasteiger partial charge is 0.508 e. The van der Waals surface area contributed by atoms with Crippen LogP contribution in [-0.4, -0.2) is 31.9 Å². The molecule has 0 saturated heterocycles. The normalized spacial score (nSPS) is 10.9. The summed E-state index contributed by atoms with van der Waals surface area (Å²) >= 11 is 0. The van der Waals surface area contributed by atoms with E-state index in [1.54, 1.807) is 0 Å². The number of ether oxygens (including phenoxy) is 1. The maximum Gasteiger partial charge on any atom is 0.330 e. The molecule has 1 aromatic carbocycles. The van der Waals surface area contributed by atoms with Crippen LogP contribution >= 0.6 is 0 Å². The first-order valence-corrected chi connectivity index (χ1v) is 6.92. The molecule has 0 aliphatic heterocycles. The van der Waals surface area contributed by atoms with Gasteiger partial charge >= 0.3 is 5.97 Å². The van der Waals surface area contributed by atoms with Gasteiger partial charge in [-0.15, -0.1) is 0 Å². The van der Waals surface area contributed by atoms with Gasteiger partial charge in [0.2, 0.25) is 0 Å². The summed E-state index contributed by atoms with van der Waals surface area (Å²) in [5.41, 5.74) is 0. The van der Waals surface area contributed by atoms with Crippen LogP contribution in [-0.2, 0) is 19.4 Å². The van der Waals surface area contributed by atoms with E-state index in [1.165, 1.54) is 24.3 Å². The fraction of sp³-hybridized carbons (Fsp3) is 0.250. The predicted octanol–water partition coefficient (Wildman–Crippen LogP) is 1.29. The zero-order chi connectivity index (χ0) is 13.6. The van der Waals surface area contributed by atoms with Gasteiger partial charge in [0.25, 0.3) is 0 Å². The standard InChI is InChI=1S/C12H14O5S/c1-2-12(14)17-8-3-9-18(15,16)11-6-4-10(13)5-7-11/h2,4-7,13H,1,3,8-9H2. The Bertz CT molecular complexity index is 516. The molecule has 5 nitrogen and oxygen atoms in total. The molecule has 0 amide bonds. The number of esters is 1. The Hall–Kier alpha value is -1.82. The minimum atomic E-state index is -3.41. The molecule has 0 fully saturated rings. The van der Waals surface area contributed by atoms with Crippen molar-refractivity contribution in [2.75, 3.05) is 12.4 Å². The highest BCUT2D eigenvalue weighted by molar-refractivity contribution is 7.91. The van der Waals surface area contributed by atoms with Crippen molar-refractivity contribution in [3.63, 3.8) is 0 Å². The average Bonchev–Trinajstić information content (AvgIpc) is 2.35. The highest BCUT2D eigenvalue weighted by atomic mass is 32.2. The van der Waals surface area contributed by atoms with Crippen LogP contribution in [0.1, 0.15) is 6.42 Å². The highest BCUT2D eigenvalue weighted by Crippen LogP contribution is 2.16. The van der Waals surface area contributed by atoms with Gasteiger partial charge in [-0.3, -0.25) is 0 Å². The molecular formula is C12H14O5S. The fourth-order valence-corrected chi connectivity index (χ4v) is 2.54. The quantitative estimate of drug-likeness (QED) is 0.478. The third kappa shape index (κ3) is 4.21. The number of carbonyl (C=O) groups is 1. The van der Waals surface area contributed by atoms with Gasteiger partial charge in [-0.05, 0) is 30.7 Å². The highest BCUT2D eigenvalue weighted by Gasteiger charge is 2.14. The van der Waals surface area contributed by atoms with Crippen molar-refractivity contribution in [2.24, 2.45) is 0 Å². The minimum absolute atomic E-state index is 0.00821. The number of carbonyl (C=O) groups excluding carboxylic acids is 1. The van der Waals surface area contributed by atoms with E-state index in [-0.39, 0.29) is 29.4 Å². The SMILES string of the molecule is C=CC(=O)OCCCS(=O)(=O)c1ccc(O)cc1. The molecule has 1 N–H and O–H groups in total. The summed E-state index contributed by atoms with van der Waals surface area (Å²) in [5, 5.41) is 9.06. The summed E-state index contributed by atoms with van der Waals surface area (Å²) in [7, 11) is -3.41. The zero-order valence-corrected chi connectivity index (χ0v) is 10.5. The summed E-state index contributed by atoms with van der Waals surface area (Å²) in [6.45, 7) is 3.26. The van der Waals surface area contributed by atoms with Crippen molar-refractivity contribution in [1.82, 2.24) is 0 Å². The first kappa shape index (κ1) is 14.2. The minimum Gasteiger partial charge on any atom is -0.508 e. The van der Waals surface area contributed by atoms with Crippen molar-refractivity contribution in [1.29, 1.82) is 0 Å². The molecule has 0 heterocycles. The van der Waals surface area contributed by atoms with E-state index >= 15 is 0 Å². The maximum absolute atomic E-state index is 11.8. The van der Waals surface area contributed by atoms with E-state index in [2.05, 4.69) is 11.3 Å². The molecule has 0 bridgehead atoms. The lowest BCUT2D eigenvalue weighted by Gasteiger charge is -2.05. The molecule has 1 aromatic rings. The number of aromatic hydroxyl groups is 1. The summed E-state index contributed by atoms with van der Waals surface area (Å²) in [5.74, 6) is -0.687.